The number of nitrogens with one attached hydrogen (secondary N) is 1. The zero-order valence-corrected chi connectivity index (χ0v) is 8.53. The molecule has 0 spiro atoms. The molecule has 0 radical (unpaired) electrons. The van der Waals surface area contributed by atoms with E-state index in [0.29, 0.717) is 6.61 Å². The van der Waals surface area contributed by atoms with E-state index in [4.69, 9.17) is 4.74 Å². The molecular formula is C11H13FN2O. The highest BCUT2D eigenvalue weighted by Gasteiger charge is 2.11. The van der Waals surface area contributed by atoms with Gasteiger partial charge in [-0.2, -0.15) is 4.39 Å². The fourth-order valence-corrected chi connectivity index (χ4v) is 1.44. The lowest BCUT2D eigenvalue weighted by molar-refractivity contribution is 0.276. The van der Waals surface area contributed by atoms with Crippen molar-refractivity contribution >= 4 is 0 Å². The number of pyridine rings is 1. The van der Waals surface area contributed by atoms with Gasteiger partial charge in [0.15, 0.2) is 5.75 Å². The van der Waals surface area contributed by atoms with Gasteiger partial charge >= 0.3 is 0 Å². The average molecular weight is 208 g/mol. The van der Waals surface area contributed by atoms with Crippen molar-refractivity contribution in [3.05, 3.63) is 35.9 Å². The number of halogens is 1. The van der Waals surface area contributed by atoms with Crippen LogP contribution in [-0.2, 0) is 0 Å². The summed E-state index contributed by atoms with van der Waals surface area (Å²) in [5.74, 6) is -0.334. The molecule has 1 aliphatic rings. The number of nitrogens with zero attached hydrogens (tertiary/aromatic N) is 1. The summed E-state index contributed by atoms with van der Waals surface area (Å²) in [6.07, 6.45) is 5.52. The maximum Gasteiger partial charge on any atom is 0.255 e. The number of ether oxygens (including phenoxy) is 1. The lowest BCUT2D eigenvalue weighted by Crippen LogP contribution is -2.28. The van der Waals surface area contributed by atoms with Crippen LogP contribution in [0.25, 0.3) is 0 Å². The predicted octanol–water partition coefficient (Wildman–Crippen LogP) is 1.44. The maximum absolute atomic E-state index is 13.2. The summed E-state index contributed by atoms with van der Waals surface area (Å²) in [6, 6.07) is 1.82. The second-order valence-electron chi connectivity index (χ2n) is 3.56. The lowest BCUT2D eigenvalue weighted by Gasteiger charge is -2.11. The van der Waals surface area contributed by atoms with Crippen LogP contribution >= 0.6 is 0 Å². The maximum atomic E-state index is 13.2. The average Bonchev–Trinajstić information content (AvgIpc) is 2.72. The van der Waals surface area contributed by atoms with Crippen LogP contribution < -0.4 is 10.1 Å². The molecule has 0 aliphatic carbocycles. The summed E-state index contributed by atoms with van der Waals surface area (Å²) in [5, 5.41) is 3.18. The molecule has 0 aromatic carbocycles. The molecule has 0 bridgehead atoms. The van der Waals surface area contributed by atoms with Crippen molar-refractivity contribution in [2.45, 2.75) is 13.0 Å². The molecule has 1 aliphatic heterocycles. The Morgan fingerprint density at radius 1 is 1.67 bits per heavy atom. The summed E-state index contributed by atoms with van der Waals surface area (Å²) >= 11 is 0. The van der Waals surface area contributed by atoms with Gasteiger partial charge in [0, 0.05) is 12.7 Å². The van der Waals surface area contributed by atoms with Crippen molar-refractivity contribution in [3.63, 3.8) is 0 Å². The molecule has 2 heterocycles. The molecule has 0 unspecified atom stereocenters. The second kappa shape index (κ2) is 4.40. The summed E-state index contributed by atoms with van der Waals surface area (Å²) < 4.78 is 18.5. The molecule has 0 amide bonds. The number of aryl methyl sites for hydroxylation is 1. The SMILES string of the molecule is Cc1cnc(F)c(OC[C@@H]2C=CCN2)c1. The Labute approximate surface area is 88.0 Å². The second-order valence-corrected chi connectivity index (χ2v) is 3.56. The first-order valence-corrected chi connectivity index (χ1v) is 4.91. The normalized spacial score (nSPS) is 19.5. The van der Waals surface area contributed by atoms with Crippen LogP contribution in [0.4, 0.5) is 4.39 Å². The van der Waals surface area contributed by atoms with E-state index in [1.165, 1.54) is 6.20 Å². The quantitative estimate of drug-likeness (QED) is 0.603. The van der Waals surface area contributed by atoms with Gasteiger partial charge in [0.2, 0.25) is 0 Å². The first kappa shape index (κ1) is 10.1. The molecule has 4 heteroatoms. The molecule has 15 heavy (non-hydrogen) atoms. The first-order chi connectivity index (χ1) is 7.25. The summed E-state index contributed by atoms with van der Waals surface area (Å²) in [6.45, 7) is 3.13. The predicted molar refractivity (Wildman–Crippen MR) is 55.4 cm³/mol. The molecule has 1 aromatic heterocycles. The van der Waals surface area contributed by atoms with E-state index in [0.717, 1.165) is 12.1 Å². The van der Waals surface area contributed by atoms with Crippen molar-refractivity contribution in [2.24, 2.45) is 0 Å². The van der Waals surface area contributed by atoms with Gasteiger partial charge in [-0.05, 0) is 18.6 Å². The Bertz CT molecular complexity index is 379. The van der Waals surface area contributed by atoms with Crippen LogP contribution in [0.1, 0.15) is 5.56 Å². The van der Waals surface area contributed by atoms with Crippen LogP contribution in [0, 0.1) is 12.9 Å². The Kier molecular flexibility index (Phi) is 2.97. The van der Waals surface area contributed by atoms with E-state index < -0.39 is 5.95 Å². The Hall–Kier alpha value is -1.42. The van der Waals surface area contributed by atoms with Crippen LogP contribution in [0.15, 0.2) is 24.4 Å². The van der Waals surface area contributed by atoms with Crippen molar-refractivity contribution < 1.29 is 9.13 Å². The minimum absolute atomic E-state index is 0.171. The number of aromatic nitrogens is 1. The fourth-order valence-electron chi connectivity index (χ4n) is 1.44. The van der Waals surface area contributed by atoms with E-state index in [-0.39, 0.29) is 11.8 Å². The van der Waals surface area contributed by atoms with Gasteiger partial charge in [0.05, 0.1) is 6.04 Å². The number of hydrogen-bond donors (Lipinski definition) is 1. The molecule has 80 valence electrons. The molecule has 1 N–H and O–H groups in total. The van der Waals surface area contributed by atoms with E-state index in [1.54, 1.807) is 6.07 Å². The van der Waals surface area contributed by atoms with Gasteiger partial charge in [-0.25, -0.2) is 4.98 Å². The monoisotopic (exact) mass is 208 g/mol. The summed E-state index contributed by atoms with van der Waals surface area (Å²) in [7, 11) is 0. The van der Waals surface area contributed by atoms with Gasteiger partial charge in [-0.1, -0.05) is 12.2 Å². The Morgan fingerprint density at radius 2 is 2.53 bits per heavy atom. The minimum Gasteiger partial charge on any atom is -0.487 e. The van der Waals surface area contributed by atoms with Crippen molar-refractivity contribution in [3.8, 4) is 5.75 Å². The van der Waals surface area contributed by atoms with E-state index >= 15 is 0 Å². The zero-order valence-electron chi connectivity index (χ0n) is 8.53. The van der Waals surface area contributed by atoms with E-state index in [2.05, 4.69) is 10.3 Å². The van der Waals surface area contributed by atoms with Crippen LogP contribution in [0.5, 0.6) is 5.75 Å². The van der Waals surface area contributed by atoms with Crippen molar-refractivity contribution in [2.75, 3.05) is 13.2 Å². The third-order valence-electron chi connectivity index (χ3n) is 2.23. The molecule has 1 atom stereocenters. The zero-order chi connectivity index (χ0) is 10.7. The molecule has 2 rings (SSSR count). The van der Waals surface area contributed by atoms with E-state index in [1.807, 2.05) is 19.1 Å². The fraction of sp³-hybridized carbons (Fsp3) is 0.364. The molecule has 3 nitrogen and oxygen atoms in total. The van der Waals surface area contributed by atoms with Crippen LogP contribution in [0.2, 0.25) is 0 Å². The third-order valence-corrected chi connectivity index (χ3v) is 2.23. The third kappa shape index (κ3) is 2.53. The molecular weight excluding hydrogens is 195 g/mol. The van der Waals surface area contributed by atoms with E-state index in [9.17, 15) is 4.39 Å². The first-order valence-electron chi connectivity index (χ1n) is 4.91. The topological polar surface area (TPSA) is 34.1 Å². The molecule has 0 fully saturated rings. The highest BCUT2D eigenvalue weighted by atomic mass is 19.1. The smallest absolute Gasteiger partial charge is 0.255 e. The van der Waals surface area contributed by atoms with Gasteiger partial charge in [0.25, 0.3) is 5.95 Å². The molecule has 0 saturated heterocycles. The minimum atomic E-state index is -0.553. The van der Waals surface area contributed by atoms with Crippen molar-refractivity contribution in [1.29, 1.82) is 0 Å². The van der Waals surface area contributed by atoms with Gasteiger partial charge < -0.3 is 10.1 Å². The Morgan fingerprint density at radius 3 is 3.27 bits per heavy atom. The lowest BCUT2D eigenvalue weighted by atomic mass is 10.3. The highest BCUT2D eigenvalue weighted by Crippen LogP contribution is 2.16. The van der Waals surface area contributed by atoms with Crippen molar-refractivity contribution in [1.82, 2.24) is 10.3 Å². The van der Waals surface area contributed by atoms with Crippen LogP contribution in [0.3, 0.4) is 0 Å². The van der Waals surface area contributed by atoms with Crippen LogP contribution in [-0.4, -0.2) is 24.2 Å². The van der Waals surface area contributed by atoms with Gasteiger partial charge in [0.1, 0.15) is 6.61 Å². The highest BCUT2D eigenvalue weighted by molar-refractivity contribution is 5.24. The van der Waals surface area contributed by atoms with Gasteiger partial charge in [-0.15, -0.1) is 0 Å². The number of hydrogen-bond acceptors (Lipinski definition) is 3. The van der Waals surface area contributed by atoms with Gasteiger partial charge in [-0.3, -0.25) is 0 Å². The largest absolute Gasteiger partial charge is 0.487 e. The standard InChI is InChI=1S/C11H13FN2O/c1-8-5-10(11(12)14-6-8)15-7-9-3-2-4-13-9/h2-3,5-6,9,13H,4,7H2,1H3/t9-/m0/s1. The Balaban J connectivity index is 1.97. The molecule has 1 aromatic rings. The summed E-state index contributed by atoms with van der Waals surface area (Å²) in [4.78, 5) is 3.59. The number of rotatable bonds is 3. The summed E-state index contributed by atoms with van der Waals surface area (Å²) in [5.41, 5.74) is 0.890. The molecule has 0 saturated carbocycles.